The van der Waals surface area contributed by atoms with Crippen molar-refractivity contribution in [1.82, 2.24) is 0 Å². The number of nitrogens with two attached hydrogens (primary N) is 2. The van der Waals surface area contributed by atoms with E-state index in [0.717, 1.165) is 11.3 Å². The van der Waals surface area contributed by atoms with Gasteiger partial charge in [-0.25, -0.2) is 10.1 Å². The first-order chi connectivity index (χ1) is 7.09. The quantitative estimate of drug-likeness (QED) is 0.680. The highest BCUT2D eigenvalue weighted by molar-refractivity contribution is 6.03. The lowest BCUT2D eigenvalue weighted by molar-refractivity contribution is -0.434. The molecule has 0 unspecified atom stereocenters. The number of benzene rings is 1. The lowest BCUT2D eigenvalue weighted by atomic mass is 10.0. The first-order valence-electron chi connectivity index (χ1n) is 4.92. The highest BCUT2D eigenvalue weighted by Gasteiger charge is 2.27. The van der Waals surface area contributed by atoms with Gasteiger partial charge in [0.2, 0.25) is 5.84 Å². The standard InChI is InChI=1S/C11H13N3O/c1-6-4-3-5-8-9(6)11(15)14-10(13-8)7(2)12/h3-5,7H,12H2,1-2H3,(H,13,14,15)/p+1/t7-/m0/s1. The Balaban J connectivity index is 2.57. The molecule has 2 rings (SSSR count). The lowest BCUT2D eigenvalue weighted by Gasteiger charge is -2.14. The molecule has 78 valence electrons. The van der Waals surface area contributed by atoms with E-state index in [2.05, 4.69) is 4.99 Å². The highest BCUT2D eigenvalue weighted by Crippen LogP contribution is 2.23. The van der Waals surface area contributed by atoms with E-state index in [-0.39, 0.29) is 11.9 Å². The van der Waals surface area contributed by atoms with Gasteiger partial charge in [0.1, 0.15) is 5.56 Å². The molecule has 4 N–H and O–H groups in total. The molecule has 1 aromatic rings. The predicted octanol–water partition coefficient (Wildman–Crippen LogP) is 0.0894. The third-order valence-electron chi connectivity index (χ3n) is 2.49. The molecule has 1 heterocycles. The molecule has 0 spiro atoms. The summed E-state index contributed by atoms with van der Waals surface area (Å²) in [5.41, 5.74) is 8.10. The number of quaternary nitrogens is 1. The summed E-state index contributed by atoms with van der Waals surface area (Å²) in [5.74, 6) is 0.656. The number of aryl methyl sites for hydroxylation is 1. The maximum Gasteiger partial charge on any atom is 0.351 e. The summed E-state index contributed by atoms with van der Waals surface area (Å²) in [6.07, 6.45) is 0. The van der Waals surface area contributed by atoms with Crippen LogP contribution in [0.5, 0.6) is 0 Å². The molecular formula is C11H14N3O+. The second-order valence-electron chi connectivity index (χ2n) is 3.80. The molecule has 15 heavy (non-hydrogen) atoms. The van der Waals surface area contributed by atoms with E-state index >= 15 is 0 Å². The first-order valence-corrected chi connectivity index (χ1v) is 4.92. The van der Waals surface area contributed by atoms with Crippen molar-refractivity contribution in [2.45, 2.75) is 19.9 Å². The van der Waals surface area contributed by atoms with Crippen LogP contribution < -0.4 is 11.1 Å². The molecule has 4 heteroatoms. The number of rotatable bonds is 1. The fraction of sp³-hybridized carbons (Fsp3) is 0.273. The summed E-state index contributed by atoms with van der Waals surface area (Å²) < 4.78 is 0. The van der Waals surface area contributed by atoms with Gasteiger partial charge in [-0.3, -0.25) is 0 Å². The van der Waals surface area contributed by atoms with Gasteiger partial charge in [0.15, 0.2) is 0 Å². The van der Waals surface area contributed by atoms with E-state index in [4.69, 9.17) is 5.73 Å². The number of nitrogens with zero attached hydrogens (tertiary/aromatic N) is 1. The fourth-order valence-corrected chi connectivity index (χ4v) is 1.68. The van der Waals surface area contributed by atoms with Crippen molar-refractivity contribution in [2.75, 3.05) is 0 Å². The Morgan fingerprint density at radius 1 is 1.47 bits per heavy atom. The summed E-state index contributed by atoms with van der Waals surface area (Å²) >= 11 is 0. The second-order valence-corrected chi connectivity index (χ2v) is 3.80. The minimum absolute atomic E-state index is 0.00500. The first kappa shape index (κ1) is 10.0. The zero-order valence-electron chi connectivity index (χ0n) is 8.82. The van der Waals surface area contributed by atoms with Gasteiger partial charge in [0.05, 0.1) is 11.7 Å². The molecule has 1 atom stereocenters. The van der Waals surface area contributed by atoms with Crippen LogP contribution in [0.3, 0.4) is 0 Å². The number of carbonyl (C=O) groups excluding carboxylic acids is 1. The van der Waals surface area contributed by atoms with Crippen molar-refractivity contribution in [3.63, 3.8) is 0 Å². The Morgan fingerprint density at radius 3 is 2.87 bits per heavy atom. The van der Waals surface area contributed by atoms with Crippen molar-refractivity contribution in [2.24, 2.45) is 10.7 Å². The van der Waals surface area contributed by atoms with Gasteiger partial charge in [-0.2, -0.15) is 4.99 Å². The van der Waals surface area contributed by atoms with Gasteiger partial charge in [-0.05, 0) is 25.5 Å². The van der Waals surface area contributed by atoms with Gasteiger partial charge >= 0.3 is 5.91 Å². The van der Waals surface area contributed by atoms with Crippen molar-refractivity contribution >= 4 is 17.4 Å². The van der Waals surface area contributed by atoms with Crippen molar-refractivity contribution in [3.8, 4) is 0 Å². The van der Waals surface area contributed by atoms with Crippen LogP contribution in [0.1, 0.15) is 22.8 Å². The zero-order valence-corrected chi connectivity index (χ0v) is 8.82. The molecule has 4 nitrogen and oxygen atoms in total. The van der Waals surface area contributed by atoms with Crippen molar-refractivity contribution in [3.05, 3.63) is 29.3 Å². The Hall–Kier alpha value is -1.52. The van der Waals surface area contributed by atoms with Gasteiger partial charge in [-0.15, -0.1) is 0 Å². The van der Waals surface area contributed by atoms with E-state index in [9.17, 15) is 4.79 Å². The third-order valence-corrected chi connectivity index (χ3v) is 2.49. The topological polar surface area (TPSA) is 72.1 Å². The van der Waals surface area contributed by atoms with Crippen LogP contribution in [0, 0.1) is 6.92 Å². The summed E-state index contributed by atoms with van der Waals surface area (Å²) in [5, 5.41) is 1.53. The van der Waals surface area contributed by atoms with E-state index in [1.54, 1.807) is 0 Å². The SMILES string of the molecule is Cc1cccc2c1C(=O)[NH2+]C([C@H](C)N)=N2. The molecule has 0 aliphatic carbocycles. The minimum atomic E-state index is -0.206. The number of hydrogen-bond acceptors (Lipinski definition) is 3. The van der Waals surface area contributed by atoms with E-state index in [1.165, 1.54) is 5.32 Å². The fourth-order valence-electron chi connectivity index (χ4n) is 1.68. The largest absolute Gasteiger partial charge is 0.351 e. The predicted molar refractivity (Wildman–Crippen MR) is 58.2 cm³/mol. The van der Waals surface area contributed by atoms with Gasteiger partial charge in [0, 0.05) is 0 Å². The Bertz CT molecular complexity index is 449. The van der Waals surface area contributed by atoms with Crippen LogP contribution in [0.15, 0.2) is 23.2 Å². The number of amidine groups is 1. The van der Waals surface area contributed by atoms with Crippen LogP contribution in [-0.2, 0) is 0 Å². The average molecular weight is 204 g/mol. The summed E-state index contributed by atoms with van der Waals surface area (Å²) in [4.78, 5) is 16.2. The molecule has 1 aromatic carbocycles. The average Bonchev–Trinajstić information content (AvgIpc) is 2.17. The molecular weight excluding hydrogens is 190 g/mol. The van der Waals surface area contributed by atoms with Crippen LogP contribution in [-0.4, -0.2) is 17.8 Å². The molecule has 0 saturated carbocycles. The summed E-state index contributed by atoms with van der Waals surface area (Å²) in [6, 6.07) is 5.45. The van der Waals surface area contributed by atoms with E-state index < -0.39 is 0 Å². The molecule has 0 fully saturated rings. The maximum atomic E-state index is 11.8. The third kappa shape index (κ3) is 1.69. The molecule has 0 bridgehead atoms. The van der Waals surface area contributed by atoms with Gasteiger partial charge in [0.25, 0.3) is 0 Å². The van der Waals surface area contributed by atoms with Crippen molar-refractivity contribution < 1.29 is 10.1 Å². The van der Waals surface area contributed by atoms with Crippen molar-refractivity contribution in [1.29, 1.82) is 0 Å². The van der Waals surface area contributed by atoms with Gasteiger partial charge in [-0.1, -0.05) is 12.1 Å². The Kier molecular flexibility index (Phi) is 2.38. The number of primary amides is 1. The van der Waals surface area contributed by atoms with E-state index in [0.29, 0.717) is 11.4 Å². The zero-order chi connectivity index (χ0) is 11.0. The normalized spacial score (nSPS) is 17.0. The Morgan fingerprint density at radius 2 is 2.20 bits per heavy atom. The van der Waals surface area contributed by atoms with Gasteiger partial charge < -0.3 is 5.73 Å². The molecule has 0 radical (unpaired) electrons. The number of carbonyl (C=O) groups is 1. The highest BCUT2D eigenvalue weighted by atomic mass is 16.1. The molecule has 1 amide bonds. The smallest absolute Gasteiger partial charge is 0.318 e. The summed E-state index contributed by atoms with van der Waals surface area (Å²) in [7, 11) is 0. The Labute approximate surface area is 88.2 Å². The molecule has 1 aliphatic rings. The van der Waals surface area contributed by atoms with E-state index in [1.807, 2.05) is 32.0 Å². The summed E-state index contributed by atoms with van der Waals surface area (Å²) in [6.45, 7) is 3.74. The molecule has 0 aromatic heterocycles. The van der Waals surface area contributed by atoms with Crippen LogP contribution >= 0.6 is 0 Å². The monoisotopic (exact) mass is 204 g/mol. The maximum absolute atomic E-state index is 11.8. The lowest BCUT2D eigenvalue weighted by Crippen LogP contribution is -2.94. The number of amides is 1. The van der Waals surface area contributed by atoms with Crippen LogP contribution in [0.4, 0.5) is 5.69 Å². The van der Waals surface area contributed by atoms with Crippen LogP contribution in [0.25, 0.3) is 0 Å². The van der Waals surface area contributed by atoms with Crippen LogP contribution in [0.2, 0.25) is 0 Å². The number of fused-ring (bicyclic) bond motifs is 1. The second kappa shape index (κ2) is 3.56. The number of aliphatic imine (C=N–C) groups is 1. The molecule has 1 aliphatic heterocycles. The number of hydrogen-bond donors (Lipinski definition) is 2. The minimum Gasteiger partial charge on any atom is -0.318 e. The molecule has 0 saturated heterocycles.